The summed E-state index contributed by atoms with van der Waals surface area (Å²) in [5.74, 6) is 0. The molecular formula is C10H10N4O2S. The summed E-state index contributed by atoms with van der Waals surface area (Å²) in [5.41, 5.74) is 9.82. The molecule has 0 radical (unpaired) electrons. The first-order valence-electron chi connectivity index (χ1n) is 4.83. The number of nitrogens with one attached hydrogen (secondary N) is 1. The summed E-state index contributed by atoms with van der Waals surface area (Å²) in [7, 11) is -3.20. The number of fused-ring (bicyclic) bond motifs is 1. The molecule has 0 fully saturated rings. The number of H-pyrrole nitrogens is 1. The fourth-order valence-electron chi connectivity index (χ4n) is 1.63. The van der Waals surface area contributed by atoms with E-state index in [0.717, 1.165) is 22.7 Å². The fraction of sp³-hybridized carbons (Fsp3) is 0.200. The van der Waals surface area contributed by atoms with Gasteiger partial charge in [-0.15, -0.1) is 0 Å². The molecule has 0 aliphatic rings. The fourth-order valence-corrected chi connectivity index (χ4v) is 2.28. The molecule has 6 nitrogen and oxygen atoms in total. The number of aromatic nitrogens is 1. The second-order valence-electron chi connectivity index (χ2n) is 3.68. The predicted molar refractivity (Wildman–Crippen MR) is 64.3 cm³/mol. The van der Waals surface area contributed by atoms with Crippen molar-refractivity contribution in [3.63, 3.8) is 0 Å². The van der Waals surface area contributed by atoms with Crippen LogP contribution < -0.4 is 0 Å². The molecular weight excluding hydrogens is 240 g/mol. The maximum Gasteiger partial charge on any atom is 0.175 e. The van der Waals surface area contributed by atoms with Crippen LogP contribution in [0.1, 0.15) is 5.56 Å². The van der Waals surface area contributed by atoms with Gasteiger partial charge in [0.1, 0.15) is 0 Å². The zero-order chi connectivity index (χ0) is 12.5. The van der Waals surface area contributed by atoms with Gasteiger partial charge in [0.05, 0.1) is 11.4 Å². The molecule has 0 aliphatic carbocycles. The Morgan fingerprint density at radius 3 is 2.88 bits per heavy atom. The second-order valence-corrected chi connectivity index (χ2v) is 5.70. The Hall–Kier alpha value is -1.98. The highest BCUT2D eigenvalue weighted by Gasteiger charge is 2.09. The van der Waals surface area contributed by atoms with Crippen LogP contribution in [-0.2, 0) is 16.4 Å². The topological polar surface area (TPSA) is 98.7 Å². The Morgan fingerprint density at radius 1 is 1.47 bits per heavy atom. The maximum atomic E-state index is 11.4. The van der Waals surface area contributed by atoms with Gasteiger partial charge in [-0.3, -0.25) is 0 Å². The first kappa shape index (κ1) is 11.5. The molecule has 0 saturated heterocycles. The van der Waals surface area contributed by atoms with E-state index in [1.165, 1.54) is 0 Å². The van der Waals surface area contributed by atoms with Crippen molar-refractivity contribution in [1.29, 1.82) is 0 Å². The molecule has 1 aromatic carbocycles. The van der Waals surface area contributed by atoms with Gasteiger partial charge >= 0.3 is 0 Å². The summed E-state index contributed by atoms with van der Waals surface area (Å²) >= 11 is 0. The molecule has 2 rings (SSSR count). The molecule has 0 atom stereocenters. The van der Waals surface area contributed by atoms with E-state index >= 15 is 0 Å². The predicted octanol–water partition coefficient (Wildman–Crippen LogP) is 2.38. The lowest BCUT2D eigenvalue weighted by atomic mass is 10.2. The molecule has 1 aromatic heterocycles. The zero-order valence-corrected chi connectivity index (χ0v) is 9.90. The average Bonchev–Trinajstić information content (AvgIpc) is 2.67. The summed E-state index contributed by atoms with van der Waals surface area (Å²) in [6.45, 7) is 0.245. The quantitative estimate of drug-likeness (QED) is 0.514. The van der Waals surface area contributed by atoms with Crippen molar-refractivity contribution >= 4 is 20.7 Å². The number of nitrogens with zero attached hydrogens (tertiary/aromatic N) is 3. The molecule has 0 aliphatic heterocycles. The summed E-state index contributed by atoms with van der Waals surface area (Å²) < 4.78 is 22.7. The minimum atomic E-state index is -3.20. The van der Waals surface area contributed by atoms with Crippen molar-refractivity contribution in [2.24, 2.45) is 5.11 Å². The van der Waals surface area contributed by atoms with Crippen LogP contribution in [0.5, 0.6) is 0 Å². The normalized spacial score (nSPS) is 11.4. The first-order chi connectivity index (χ1) is 8.02. The number of azide groups is 1. The third-order valence-corrected chi connectivity index (χ3v) is 3.58. The highest BCUT2D eigenvalue weighted by atomic mass is 32.2. The van der Waals surface area contributed by atoms with Crippen molar-refractivity contribution in [3.05, 3.63) is 40.4 Å². The van der Waals surface area contributed by atoms with Gasteiger partial charge in [-0.2, -0.15) is 0 Å². The number of benzene rings is 1. The maximum absolute atomic E-state index is 11.4. The molecule has 17 heavy (non-hydrogen) atoms. The Balaban J connectivity index is 2.55. The lowest BCUT2D eigenvalue weighted by Gasteiger charge is -1.99. The molecule has 0 saturated carbocycles. The SMILES string of the molecule is CS(=O)(=O)c1ccc2c(CN=[N+]=[N-])c[nH]c2c1. The third kappa shape index (κ3) is 2.25. The van der Waals surface area contributed by atoms with Gasteiger partial charge in [-0.1, -0.05) is 11.2 Å². The number of hydrogen-bond acceptors (Lipinski definition) is 3. The summed E-state index contributed by atoms with van der Waals surface area (Å²) in [6, 6.07) is 4.83. The van der Waals surface area contributed by atoms with Gasteiger partial charge < -0.3 is 4.98 Å². The van der Waals surface area contributed by atoms with Crippen LogP contribution in [0.15, 0.2) is 34.4 Å². The Bertz CT molecular complexity index is 711. The minimum absolute atomic E-state index is 0.245. The Morgan fingerprint density at radius 2 is 2.24 bits per heavy atom. The van der Waals surface area contributed by atoms with E-state index in [0.29, 0.717) is 0 Å². The first-order valence-corrected chi connectivity index (χ1v) is 6.72. The summed E-state index contributed by atoms with van der Waals surface area (Å²) in [5, 5.41) is 4.34. The molecule has 7 heteroatoms. The van der Waals surface area contributed by atoms with Crippen LogP contribution >= 0.6 is 0 Å². The molecule has 0 spiro atoms. The number of hydrogen-bond donors (Lipinski definition) is 1. The van der Waals surface area contributed by atoms with Crippen LogP contribution in [0.4, 0.5) is 0 Å². The molecule has 1 N–H and O–H groups in total. The Kier molecular flexibility index (Phi) is 2.79. The van der Waals surface area contributed by atoms with E-state index in [1.54, 1.807) is 24.4 Å². The van der Waals surface area contributed by atoms with E-state index in [1.807, 2.05) is 0 Å². The van der Waals surface area contributed by atoms with Crippen LogP contribution in [0.2, 0.25) is 0 Å². The minimum Gasteiger partial charge on any atom is -0.361 e. The van der Waals surface area contributed by atoms with Crippen LogP contribution in [0, 0.1) is 0 Å². The van der Waals surface area contributed by atoms with Gasteiger partial charge in [0, 0.05) is 28.3 Å². The van der Waals surface area contributed by atoms with Gasteiger partial charge in [0.2, 0.25) is 0 Å². The molecule has 0 unspecified atom stereocenters. The van der Waals surface area contributed by atoms with Gasteiger partial charge in [-0.05, 0) is 23.2 Å². The van der Waals surface area contributed by atoms with E-state index in [9.17, 15) is 8.42 Å². The van der Waals surface area contributed by atoms with Gasteiger partial charge in [0.25, 0.3) is 0 Å². The number of rotatable bonds is 3. The van der Waals surface area contributed by atoms with E-state index in [4.69, 9.17) is 5.53 Å². The van der Waals surface area contributed by atoms with Crippen LogP contribution in [-0.4, -0.2) is 19.7 Å². The van der Waals surface area contributed by atoms with E-state index in [2.05, 4.69) is 15.0 Å². The Labute approximate surface area is 97.8 Å². The van der Waals surface area contributed by atoms with Crippen LogP contribution in [0.25, 0.3) is 21.3 Å². The van der Waals surface area contributed by atoms with Crippen molar-refractivity contribution < 1.29 is 8.42 Å². The second kappa shape index (κ2) is 4.12. The average molecular weight is 250 g/mol. The largest absolute Gasteiger partial charge is 0.361 e. The molecule has 0 amide bonds. The van der Waals surface area contributed by atoms with Crippen molar-refractivity contribution in [3.8, 4) is 0 Å². The van der Waals surface area contributed by atoms with Crippen molar-refractivity contribution in [2.45, 2.75) is 11.4 Å². The molecule has 1 heterocycles. The van der Waals surface area contributed by atoms with Crippen molar-refractivity contribution in [2.75, 3.05) is 6.26 Å². The monoisotopic (exact) mass is 250 g/mol. The molecule has 2 aromatic rings. The lowest BCUT2D eigenvalue weighted by Crippen LogP contribution is -1.96. The van der Waals surface area contributed by atoms with Crippen molar-refractivity contribution in [1.82, 2.24) is 4.98 Å². The standard InChI is InChI=1S/C10H10N4O2S/c1-17(15,16)8-2-3-9-7(6-13-14-11)5-12-10(9)4-8/h2-5,12H,6H2,1H3. The molecule has 0 bridgehead atoms. The third-order valence-electron chi connectivity index (χ3n) is 2.47. The summed E-state index contributed by atoms with van der Waals surface area (Å²) in [6.07, 6.45) is 2.88. The molecule has 88 valence electrons. The number of sulfone groups is 1. The highest BCUT2D eigenvalue weighted by Crippen LogP contribution is 2.22. The van der Waals surface area contributed by atoms with Crippen LogP contribution in [0.3, 0.4) is 0 Å². The van der Waals surface area contributed by atoms with E-state index in [-0.39, 0.29) is 11.4 Å². The van der Waals surface area contributed by atoms with E-state index < -0.39 is 9.84 Å². The highest BCUT2D eigenvalue weighted by molar-refractivity contribution is 7.90. The lowest BCUT2D eigenvalue weighted by molar-refractivity contribution is 0.602. The zero-order valence-electron chi connectivity index (χ0n) is 9.08. The van der Waals surface area contributed by atoms with Gasteiger partial charge in [0.15, 0.2) is 9.84 Å². The van der Waals surface area contributed by atoms with Gasteiger partial charge in [-0.25, -0.2) is 8.42 Å². The number of aromatic amines is 1. The summed E-state index contributed by atoms with van der Waals surface area (Å²) in [4.78, 5) is 5.92. The smallest absolute Gasteiger partial charge is 0.175 e.